The van der Waals surface area contributed by atoms with Crippen LogP contribution >= 0.6 is 11.6 Å². The second kappa shape index (κ2) is 10.1. The van der Waals surface area contributed by atoms with Crippen LogP contribution in [0.1, 0.15) is 55.2 Å². The number of rotatable bonds is 6. The van der Waals surface area contributed by atoms with Crippen LogP contribution in [0.15, 0.2) is 66.7 Å². The summed E-state index contributed by atoms with van der Waals surface area (Å²) in [4.78, 5) is 51.6. The lowest BCUT2D eigenvalue weighted by Crippen LogP contribution is -2.32. The van der Waals surface area contributed by atoms with Crippen LogP contribution in [0.5, 0.6) is 0 Å². The van der Waals surface area contributed by atoms with Gasteiger partial charge < -0.3 is 10.1 Å². The molecule has 1 aliphatic rings. The maximum atomic E-state index is 13.0. The van der Waals surface area contributed by atoms with Crippen molar-refractivity contribution in [2.45, 2.75) is 19.1 Å². The van der Waals surface area contributed by atoms with E-state index in [0.717, 1.165) is 22.6 Å². The average molecular weight is 531 g/mol. The molecular formula is C26H18ClF3N2O5. The number of hydrogen-bond donors (Lipinski definition) is 1. The summed E-state index contributed by atoms with van der Waals surface area (Å²) < 4.78 is 43.7. The minimum atomic E-state index is -4.64. The highest BCUT2D eigenvalue weighted by atomic mass is 35.5. The Hall–Kier alpha value is -4.18. The zero-order chi connectivity index (χ0) is 26.9. The van der Waals surface area contributed by atoms with E-state index in [1.165, 1.54) is 18.2 Å². The molecule has 7 nitrogen and oxygen atoms in total. The summed E-state index contributed by atoms with van der Waals surface area (Å²) in [5, 5.41) is 2.03. The highest BCUT2D eigenvalue weighted by molar-refractivity contribution is 6.33. The molecule has 3 aromatic rings. The number of halogens is 4. The summed E-state index contributed by atoms with van der Waals surface area (Å²) >= 11 is 5.85. The SMILES string of the molecule is C[C@H](c1ccccc1)N1C(=O)c2ccc(C(=O)OCC(=O)Nc3cc(C(F)(F)F)ccc3Cl)cc2C1=O. The van der Waals surface area contributed by atoms with E-state index in [-0.39, 0.29) is 27.4 Å². The molecule has 1 heterocycles. The van der Waals surface area contributed by atoms with E-state index in [2.05, 4.69) is 5.32 Å². The highest BCUT2D eigenvalue weighted by Crippen LogP contribution is 2.34. The Morgan fingerprint density at radius 2 is 1.65 bits per heavy atom. The van der Waals surface area contributed by atoms with Crippen molar-refractivity contribution >= 4 is 41.0 Å². The molecule has 0 bridgehead atoms. The molecule has 4 rings (SSSR count). The second-order valence-corrected chi connectivity index (χ2v) is 8.55. The van der Waals surface area contributed by atoms with Gasteiger partial charge >= 0.3 is 12.1 Å². The number of carbonyl (C=O) groups is 4. The molecule has 0 saturated heterocycles. The van der Waals surface area contributed by atoms with Gasteiger partial charge in [-0.15, -0.1) is 0 Å². The van der Waals surface area contributed by atoms with Gasteiger partial charge in [0.05, 0.1) is 39.0 Å². The molecule has 0 fully saturated rings. The third-order valence-corrected chi connectivity index (χ3v) is 6.05. The third kappa shape index (κ3) is 5.34. The molecule has 3 aromatic carbocycles. The minimum Gasteiger partial charge on any atom is -0.452 e. The van der Waals surface area contributed by atoms with Crippen LogP contribution in [0.2, 0.25) is 5.02 Å². The van der Waals surface area contributed by atoms with E-state index in [1.807, 2.05) is 6.07 Å². The molecule has 1 aliphatic heterocycles. The van der Waals surface area contributed by atoms with Gasteiger partial charge in [-0.25, -0.2) is 4.79 Å². The lowest BCUT2D eigenvalue weighted by molar-refractivity contribution is -0.137. The number of ether oxygens (including phenoxy) is 1. The van der Waals surface area contributed by atoms with Crippen molar-refractivity contribution in [2.75, 3.05) is 11.9 Å². The van der Waals surface area contributed by atoms with Crippen molar-refractivity contribution in [1.29, 1.82) is 0 Å². The predicted octanol–water partition coefficient (Wildman–Crippen LogP) is 5.51. The number of carbonyl (C=O) groups excluding carboxylic acids is 4. The number of imide groups is 1. The summed E-state index contributed by atoms with van der Waals surface area (Å²) in [6.07, 6.45) is -4.64. The van der Waals surface area contributed by atoms with Gasteiger partial charge in [-0.3, -0.25) is 19.3 Å². The molecule has 0 aliphatic carbocycles. The van der Waals surface area contributed by atoms with Crippen molar-refractivity contribution in [1.82, 2.24) is 4.90 Å². The van der Waals surface area contributed by atoms with Crippen molar-refractivity contribution in [3.05, 3.63) is 99.6 Å². The van der Waals surface area contributed by atoms with Gasteiger partial charge in [0, 0.05) is 0 Å². The van der Waals surface area contributed by atoms with Crippen LogP contribution < -0.4 is 5.32 Å². The van der Waals surface area contributed by atoms with E-state index in [9.17, 15) is 32.3 Å². The number of fused-ring (bicyclic) bond motifs is 1. The van der Waals surface area contributed by atoms with Crippen LogP contribution in [0.25, 0.3) is 0 Å². The Balaban J connectivity index is 1.43. The standard InChI is InChI=1S/C26H18ClF3N2O5/c1-14(15-5-3-2-4-6-15)32-23(34)18-9-7-16(11-19(18)24(32)35)25(36)37-13-22(33)31-21-12-17(26(28,29)30)8-10-20(21)27/h2-12,14H,13H2,1H3,(H,31,33)/t14-/m1/s1. The number of esters is 1. The molecule has 0 radical (unpaired) electrons. The van der Waals surface area contributed by atoms with Gasteiger partial charge in [-0.2, -0.15) is 13.2 Å². The van der Waals surface area contributed by atoms with Crippen molar-refractivity contribution in [3.8, 4) is 0 Å². The zero-order valence-electron chi connectivity index (χ0n) is 19.1. The van der Waals surface area contributed by atoms with Gasteiger partial charge in [0.2, 0.25) is 0 Å². The summed E-state index contributed by atoms with van der Waals surface area (Å²) in [5.74, 6) is -2.98. The summed E-state index contributed by atoms with van der Waals surface area (Å²) in [7, 11) is 0. The third-order valence-electron chi connectivity index (χ3n) is 5.73. The number of alkyl halides is 3. The monoisotopic (exact) mass is 530 g/mol. The Morgan fingerprint density at radius 3 is 2.32 bits per heavy atom. The first-order valence-corrected chi connectivity index (χ1v) is 11.3. The smallest absolute Gasteiger partial charge is 0.416 e. The van der Waals surface area contributed by atoms with Crippen LogP contribution in [-0.2, 0) is 15.7 Å². The first-order valence-electron chi connectivity index (χ1n) is 10.9. The van der Waals surface area contributed by atoms with Gasteiger partial charge in [0.15, 0.2) is 6.61 Å². The molecule has 0 unspecified atom stereocenters. The van der Waals surface area contributed by atoms with Gasteiger partial charge in [-0.1, -0.05) is 41.9 Å². The predicted molar refractivity (Wildman–Crippen MR) is 127 cm³/mol. The second-order valence-electron chi connectivity index (χ2n) is 8.14. The molecule has 3 amide bonds. The van der Waals surface area contributed by atoms with E-state index < -0.39 is 48.1 Å². The lowest BCUT2D eigenvalue weighted by atomic mass is 10.1. The Morgan fingerprint density at radius 1 is 0.973 bits per heavy atom. The largest absolute Gasteiger partial charge is 0.452 e. The fourth-order valence-electron chi connectivity index (χ4n) is 3.82. The van der Waals surface area contributed by atoms with Gasteiger partial charge in [-0.05, 0) is 48.9 Å². The molecule has 0 aromatic heterocycles. The van der Waals surface area contributed by atoms with Crippen LogP contribution in [0.3, 0.4) is 0 Å². The summed E-state index contributed by atoms with van der Waals surface area (Å²) in [6.45, 7) is 0.883. The zero-order valence-corrected chi connectivity index (χ0v) is 19.9. The normalized spacial score (nSPS) is 13.8. The van der Waals surface area contributed by atoms with Crippen molar-refractivity contribution < 1.29 is 37.1 Å². The average Bonchev–Trinajstić information content (AvgIpc) is 3.12. The van der Waals surface area contributed by atoms with E-state index in [0.29, 0.717) is 6.07 Å². The van der Waals surface area contributed by atoms with Crippen LogP contribution in [0, 0.1) is 0 Å². The molecular weight excluding hydrogens is 513 g/mol. The minimum absolute atomic E-state index is 0.0161. The number of anilines is 1. The maximum Gasteiger partial charge on any atom is 0.416 e. The maximum absolute atomic E-state index is 13.0. The summed E-state index contributed by atoms with van der Waals surface area (Å²) in [6, 6.07) is 14.6. The number of nitrogens with one attached hydrogen (secondary N) is 1. The highest BCUT2D eigenvalue weighted by Gasteiger charge is 2.39. The van der Waals surface area contributed by atoms with Crippen LogP contribution in [0.4, 0.5) is 18.9 Å². The molecule has 1 N–H and O–H groups in total. The molecule has 190 valence electrons. The van der Waals surface area contributed by atoms with Gasteiger partial charge in [0.25, 0.3) is 17.7 Å². The lowest BCUT2D eigenvalue weighted by Gasteiger charge is -2.22. The fourth-order valence-corrected chi connectivity index (χ4v) is 3.98. The van der Waals surface area contributed by atoms with Crippen LogP contribution in [-0.4, -0.2) is 35.2 Å². The van der Waals surface area contributed by atoms with Crippen molar-refractivity contribution in [3.63, 3.8) is 0 Å². The summed E-state index contributed by atoms with van der Waals surface area (Å²) in [5.41, 5.74) is -0.504. The molecule has 37 heavy (non-hydrogen) atoms. The van der Waals surface area contributed by atoms with Crippen molar-refractivity contribution in [2.24, 2.45) is 0 Å². The Bertz CT molecular complexity index is 1410. The quantitative estimate of drug-likeness (QED) is 0.335. The fraction of sp³-hybridized carbons (Fsp3) is 0.154. The van der Waals surface area contributed by atoms with E-state index in [1.54, 1.807) is 31.2 Å². The molecule has 0 saturated carbocycles. The first-order chi connectivity index (χ1) is 17.5. The number of nitrogens with zero attached hydrogens (tertiary/aromatic N) is 1. The topological polar surface area (TPSA) is 92.8 Å². The number of amides is 3. The van der Waals surface area contributed by atoms with Gasteiger partial charge in [0.1, 0.15) is 0 Å². The first kappa shape index (κ1) is 25.9. The number of hydrogen-bond acceptors (Lipinski definition) is 5. The number of benzene rings is 3. The van der Waals surface area contributed by atoms with E-state index >= 15 is 0 Å². The molecule has 0 spiro atoms. The Labute approximate surface area is 213 Å². The molecule has 11 heteroatoms. The Kier molecular flexibility index (Phi) is 7.04. The molecule has 1 atom stereocenters. The van der Waals surface area contributed by atoms with E-state index in [4.69, 9.17) is 16.3 Å².